The van der Waals surface area contributed by atoms with Crippen LogP contribution >= 0.6 is 0 Å². The van der Waals surface area contributed by atoms with Gasteiger partial charge in [-0.05, 0) is 30.2 Å². The summed E-state index contributed by atoms with van der Waals surface area (Å²) in [7, 11) is 0. The lowest BCUT2D eigenvalue weighted by atomic mass is 10.0. The second-order valence-corrected chi connectivity index (χ2v) is 3.45. The average Bonchev–Trinajstić information content (AvgIpc) is 2.22. The molecule has 2 heteroatoms. The molecule has 2 aromatic carbocycles. The Balaban J connectivity index is 2.59. The third-order valence-electron chi connectivity index (χ3n) is 2.33. The molecule has 0 unspecified atom stereocenters. The molecule has 0 fully saturated rings. The van der Waals surface area contributed by atoms with E-state index in [9.17, 15) is 8.78 Å². The maximum atomic E-state index is 13.7. The molecule has 0 N–H and O–H groups in total. The summed E-state index contributed by atoms with van der Waals surface area (Å²) in [4.78, 5) is 0. The first-order valence-electron chi connectivity index (χ1n) is 4.69. The standard InChI is InChI=1S/C13H10F2/c1-9-4-2-7-12(13(9)15)10-5-3-6-11(14)8-10/h2-8H,1H3. The van der Waals surface area contributed by atoms with Gasteiger partial charge in [0, 0.05) is 5.56 Å². The monoisotopic (exact) mass is 204 g/mol. The predicted molar refractivity (Wildman–Crippen MR) is 56.5 cm³/mol. The highest BCUT2D eigenvalue weighted by Crippen LogP contribution is 2.24. The van der Waals surface area contributed by atoms with Crippen LogP contribution in [0.25, 0.3) is 11.1 Å². The van der Waals surface area contributed by atoms with Crippen molar-refractivity contribution < 1.29 is 8.78 Å². The first-order chi connectivity index (χ1) is 7.18. The van der Waals surface area contributed by atoms with E-state index >= 15 is 0 Å². The Morgan fingerprint density at radius 1 is 0.933 bits per heavy atom. The van der Waals surface area contributed by atoms with Crippen molar-refractivity contribution in [2.75, 3.05) is 0 Å². The molecular formula is C13H10F2. The van der Waals surface area contributed by atoms with E-state index in [0.29, 0.717) is 16.7 Å². The van der Waals surface area contributed by atoms with Crippen LogP contribution in [0.3, 0.4) is 0 Å². The molecule has 0 amide bonds. The summed E-state index contributed by atoms with van der Waals surface area (Å²) >= 11 is 0. The molecule has 0 aliphatic carbocycles. The van der Waals surface area contributed by atoms with Gasteiger partial charge >= 0.3 is 0 Å². The zero-order valence-corrected chi connectivity index (χ0v) is 8.30. The third kappa shape index (κ3) is 1.89. The fourth-order valence-corrected chi connectivity index (χ4v) is 1.53. The van der Waals surface area contributed by atoms with E-state index in [1.165, 1.54) is 12.1 Å². The quantitative estimate of drug-likeness (QED) is 0.660. The number of aryl methyl sites for hydroxylation is 1. The molecule has 0 bridgehead atoms. The lowest BCUT2D eigenvalue weighted by molar-refractivity contribution is 0.619. The van der Waals surface area contributed by atoms with Gasteiger partial charge < -0.3 is 0 Å². The van der Waals surface area contributed by atoms with Crippen molar-refractivity contribution >= 4 is 0 Å². The Morgan fingerprint density at radius 3 is 2.40 bits per heavy atom. The number of hydrogen-bond donors (Lipinski definition) is 0. The lowest BCUT2D eigenvalue weighted by Crippen LogP contribution is -1.88. The van der Waals surface area contributed by atoms with Crippen molar-refractivity contribution in [1.82, 2.24) is 0 Å². The first-order valence-corrected chi connectivity index (χ1v) is 4.69. The van der Waals surface area contributed by atoms with E-state index in [2.05, 4.69) is 0 Å². The van der Waals surface area contributed by atoms with Crippen LogP contribution in [0, 0.1) is 18.6 Å². The first kappa shape index (κ1) is 9.84. The highest BCUT2D eigenvalue weighted by molar-refractivity contribution is 5.64. The van der Waals surface area contributed by atoms with Crippen molar-refractivity contribution in [2.24, 2.45) is 0 Å². The molecule has 0 aliphatic rings. The lowest BCUT2D eigenvalue weighted by Gasteiger charge is -2.05. The fraction of sp³-hybridized carbons (Fsp3) is 0.0769. The van der Waals surface area contributed by atoms with Crippen LogP contribution in [-0.2, 0) is 0 Å². The van der Waals surface area contributed by atoms with E-state index < -0.39 is 0 Å². The van der Waals surface area contributed by atoms with Gasteiger partial charge in [-0.1, -0.05) is 30.3 Å². The van der Waals surface area contributed by atoms with Crippen LogP contribution < -0.4 is 0 Å². The minimum absolute atomic E-state index is 0.289. The maximum absolute atomic E-state index is 13.7. The van der Waals surface area contributed by atoms with Gasteiger partial charge in [-0.15, -0.1) is 0 Å². The van der Waals surface area contributed by atoms with Crippen LogP contribution in [0.2, 0.25) is 0 Å². The summed E-state index contributed by atoms with van der Waals surface area (Å²) < 4.78 is 26.7. The van der Waals surface area contributed by atoms with Gasteiger partial charge in [0.1, 0.15) is 11.6 Å². The molecule has 0 aliphatic heterocycles. The van der Waals surface area contributed by atoms with Gasteiger partial charge in [0.15, 0.2) is 0 Å². The Labute approximate surface area is 87.2 Å². The highest BCUT2D eigenvalue weighted by atomic mass is 19.1. The Kier molecular flexibility index (Phi) is 2.50. The van der Waals surface area contributed by atoms with Gasteiger partial charge in [0.25, 0.3) is 0 Å². The van der Waals surface area contributed by atoms with Gasteiger partial charge in [-0.25, -0.2) is 8.78 Å². The predicted octanol–water partition coefficient (Wildman–Crippen LogP) is 3.94. The number of rotatable bonds is 1. The van der Waals surface area contributed by atoms with Gasteiger partial charge in [-0.2, -0.15) is 0 Å². The van der Waals surface area contributed by atoms with Gasteiger partial charge in [0.2, 0.25) is 0 Å². The van der Waals surface area contributed by atoms with Crippen molar-refractivity contribution in [3.8, 4) is 11.1 Å². The maximum Gasteiger partial charge on any atom is 0.133 e. The van der Waals surface area contributed by atoms with Crippen molar-refractivity contribution in [1.29, 1.82) is 0 Å². The summed E-state index contributed by atoms with van der Waals surface area (Å²) in [5.41, 5.74) is 1.57. The molecule has 2 aromatic rings. The molecule has 15 heavy (non-hydrogen) atoms. The molecule has 76 valence electrons. The zero-order chi connectivity index (χ0) is 10.8. The van der Waals surface area contributed by atoms with Crippen molar-refractivity contribution in [3.05, 3.63) is 59.7 Å². The Morgan fingerprint density at radius 2 is 1.67 bits per heavy atom. The normalized spacial score (nSPS) is 10.3. The zero-order valence-electron chi connectivity index (χ0n) is 8.30. The second kappa shape index (κ2) is 3.81. The number of halogens is 2. The van der Waals surface area contributed by atoms with E-state index in [1.807, 2.05) is 0 Å². The smallest absolute Gasteiger partial charge is 0.133 e. The molecule has 0 radical (unpaired) electrons. The van der Waals surface area contributed by atoms with Gasteiger partial charge in [0.05, 0.1) is 0 Å². The minimum Gasteiger partial charge on any atom is -0.207 e. The van der Waals surface area contributed by atoms with E-state index in [1.54, 1.807) is 37.3 Å². The summed E-state index contributed by atoms with van der Waals surface area (Å²) in [6.07, 6.45) is 0. The van der Waals surface area contributed by atoms with Crippen LogP contribution in [0.5, 0.6) is 0 Å². The molecule has 2 rings (SSSR count). The van der Waals surface area contributed by atoms with Crippen molar-refractivity contribution in [2.45, 2.75) is 6.92 Å². The molecular weight excluding hydrogens is 194 g/mol. The SMILES string of the molecule is Cc1cccc(-c2cccc(F)c2)c1F. The topological polar surface area (TPSA) is 0 Å². The molecule has 0 atom stereocenters. The molecule has 0 spiro atoms. The summed E-state index contributed by atoms with van der Waals surface area (Å²) in [6.45, 7) is 1.69. The van der Waals surface area contributed by atoms with Crippen LogP contribution in [0.1, 0.15) is 5.56 Å². The van der Waals surface area contributed by atoms with Crippen LogP contribution in [0.15, 0.2) is 42.5 Å². The summed E-state index contributed by atoms with van der Waals surface area (Å²) in [5.74, 6) is -0.642. The van der Waals surface area contributed by atoms with Gasteiger partial charge in [-0.3, -0.25) is 0 Å². The molecule has 0 saturated heterocycles. The third-order valence-corrected chi connectivity index (χ3v) is 2.33. The largest absolute Gasteiger partial charge is 0.207 e. The Hall–Kier alpha value is -1.70. The Bertz CT molecular complexity index is 490. The molecule has 0 aromatic heterocycles. The number of hydrogen-bond acceptors (Lipinski definition) is 0. The average molecular weight is 204 g/mol. The number of benzene rings is 2. The van der Waals surface area contributed by atoms with E-state index in [-0.39, 0.29) is 11.6 Å². The molecule has 0 saturated carbocycles. The summed E-state index contributed by atoms with van der Waals surface area (Å²) in [6, 6.07) is 11.1. The molecule has 0 heterocycles. The fourth-order valence-electron chi connectivity index (χ4n) is 1.53. The highest BCUT2D eigenvalue weighted by Gasteiger charge is 2.07. The van der Waals surface area contributed by atoms with E-state index in [4.69, 9.17) is 0 Å². The molecule has 0 nitrogen and oxygen atoms in total. The summed E-state index contributed by atoms with van der Waals surface area (Å²) in [5, 5.41) is 0. The minimum atomic E-state index is -0.353. The van der Waals surface area contributed by atoms with Crippen LogP contribution in [-0.4, -0.2) is 0 Å². The van der Waals surface area contributed by atoms with E-state index in [0.717, 1.165) is 0 Å². The van der Waals surface area contributed by atoms with Crippen LogP contribution in [0.4, 0.5) is 8.78 Å². The second-order valence-electron chi connectivity index (χ2n) is 3.45. The van der Waals surface area contributed by atoms with Crippen molar-refractivity contribution in [3.63, 3.8) is 0 Å².